The molecule has 0 heterocycles. The van der Waals surface area contributed by atoms with Crippen molar-refractivity contribution in [3.8, 4) is 33.8 Å². The van der Waals surface area contributed by atoms with E-state index in [1.54, 1.807) is 0 Å². The molecule has 0 aliphatic heterocycles. The molecule has 0 atom stereocenters. The van der Waals surface area contributed by atoms with E-state index in [0.29, 0.717) is 11.1 Å². The fourth-order valence-electron chi connectivity index (χ4n) is 4.12. The zero-order valence-electron chi connectivity index (χ0n) is 23.3. The monoisotopic (exact) mass is 594 g/mol. The van der Waals surface area contributed by atoms with Crippen LogP contribution < -0.4 is 0 Å². The number of aromatic hydroxyl groups is 2. The molecule has 0 saturated carbocycles. The molecule has 0 spiro atoms. The van der Waals surface area contributed by atoms with Gasteiger partial charge in [-0.1, -0.05) is 95.3 Å². The van der Waals surface area contributed by atoms with Crippen LogP contribution in [0.15, 0.2) is 97.1 Å². The molecule has 0 fully saturated rings. The van der Waals surface area contributed by atoms with Gasteiger partial charge in [0.05, 0.1) is 0 Å². The van der Waals surface area contributed by atoms with Crippen LogP contribution in [-0.2, 0) is 19.4 Å². The summed E-state index contributed by atoms with van der Waals surface area (Å²) < 4.78 is 25.8. The Labute approximate surface area is 251 Å². The maximum atomic E-state index is 12.9. The molecule has 0 aliphatic carbocycles. The van der Waals surface area contributed by atoms with E-state index in [4.69, 9.17) is 0 Å². The Morgan fingerprint density at radius 3 is 1.18 bits per heavy atom. The molecular formula is C34H33ClF2O2Ti. The van der Waals surface area contributed by atoms with Gasteiger partial charge in [0.1, 0.15) is 23.1 Å². The van der Waals surface area contributed by atoms with Gasteiger partial charge in [-0.15, -0.1) is 0 Å². The normalized spacial score (nSPS) is 9.78. The van der Waals surface area contributed by atoms with Crippen LogP contribution in [0.3, 0.4) is 0 Å². The van der Waals surface area contributed by atoms with Gasteiger partial charge in [-0.05, 0) is 47.5 Å². The molecule has 2 nitrogen and oxygen atoms in total. The van der Waals surface area contributed by atoms with Gasteiger partial charge in [0.15, 0.2) is 0 Å². The Bertz CT molecular complexity index is 1330. The minimum absolute atomic E-state index is 0.0950. The Morgan fingerprint density at radius 2 is 0.900 bits per heavy atom. The summed E-state index contributed by atoms with van der Waals surface area (Å²) >= 11 is 1.47. The first-order valence-electron chi connectivity index (χ1n) is 12.6. The first-order chi connectivity index (χ1) is 19.1. The van der Waals surface area contributed by atoms with Crippen molar-refractivity contribution < 1.29 is 38.4 Å². The Kier molecular flexibility index (Phi) is 13.2. The van der Waals surface area contributed by atoms with Crippen LogP contribution in [0.2, 0.25) is 0 Å². The molecule has 5 aromatic rings. The SMILES string of the molecule is Cc1c(C)c(C)[c-](C)c1C.Oc1ccc(F)cc1-c1ccccc1.Oc1ccc(F)cc1-c1ccccc1.[Cl][Ti+]. The van der Waals surface area contributed by atoms with Crippen LogP contribution in [0.4, 0.5) is 8.78 Å². The summed E-state index contributed by atoms with van der Waals surface area (Å²) in [5.41, 5.74) is 10.00. The van der Waals surface area contributed by atoms with Gasteiger partial charge < -0.3 is 10.2 Å². The van der Waals surface area contributed by atoms with E-state index in [0.717, 1.165) is 11.1 Å². The molecular weight excluding hydrogens is 562 g/mol. The summed E-state index contributed by atoms with van der Waals surface area (Å²) in [5, 5.41) is 19.0. The van der Waals surface area contributed by atoms with Gasteiger partial charge in [0, 0.05) is 11.1 Å². The third-order valence-corrected chi connectivity index (χ3v) is 6.90. The molecule has 40 heavy (non-hydrogen) atoms. The Morgan fingerprint density at radius 1 is 0.575 bits per heavy atom. The van der Waals surface area contributed by atoms with Gasteiger partial charge in [0.2, 0.25) is 0 Å². The van der Waals surface area contributed by atoms with Crippen molar-refractivity contribution in [2.75, 3.05) is 0 Å². The van der Waals surface area contributed by atoms with Gasteiger partial charge in [0.25, 0.3) is 0 Å². The first kappa shape index (κ1) is 32.9. The molecule has 0 aliphatic rings. The van der Waals surface area contributed by atoms with Crippen molar-refractivity contribution in [2.45, 2.75) is 34.6 Å². The predicted molar refractivity (Wildman–Crippen MR) is 159 cm³/mol. The summed E-state index contributed by atoms with van der Waals surface area (Å²) in [7, 11) is 4.64. The number of hydrogen-bond acceptors (Lipinski definition) is 2. The summed E-state index contributed by atoms with van der Waals surface area (Å²) in [6.45, 7) is 11.0. The van der Waals surface area contributed by atoms with Crippen molar-refractivity contribution in [1.82, 2.24) is 0 Å². The Hall–Kier alpha value is -3.31. The minimum atomic E-state index is -0.346. The molecule has 206 valence electrons. The molecule has 0 radical (unpaired) electrons. The van der Waals surface area contributed by atoms with Crippen molar-refractivity contribution in [3.63, 3.8) is 0 Å². The number of phenols is 2. The third-order valence-electron chi connectivity index (χ3n) is 6.90. The van der Waals surface area contributed by atoms with E-state index < -0.39 is 0 Å². The van der Waals surface area contributed by atoms with E-state index in [9.17, 15) is 19.0 Å². The standard InChI is InChI=1S/2C12H9FO.C10H15.ClH.Ti/c2*13-10-6-7-12(14)11(8-10)9-4-2-1-3-5-9;1-6-7(2)9(4)10(5)8(6)3;;/h2*1-8,14H;1-5H3;1H;/q;;-1;;+2/p-1. The van der Waals surface area contributed by atoms with Crippen LogP contribution >= 0.6 is 9.30 Å². The van der Waals surface area contributed by atoms with Crippen molar-refractivity contribution in [1.29, 1.82) is 0 Å². The second kappa shape index (κ2) is 16.1. The summed E-state index contributed by atoms with van der Waals surface area (Å²) in [4.78, 5) is 0. The number of halogens is 3. The fourth-order valence-corrected chi connectivity index (χ4v) is 4.12. The second-order valence-corrected chi connectivity index (χ2v) is 9.18. The molecule has 5 aromatic carbocycles. The topological polar surface area (TPSA) is 40.5 Å². The summed E-state index contributed by atoms with van der Waals surface area (Å²) in [6, 6.07) is 26.3. The zero-order chi connectivity index (χ0) is 29.8. The van der Waals surface area contributed by atoms with Gasteiger partial charge >= 0.3 is 28.7 Å². The molecule has 0 unspecified atom stereocenters. The van der Waals surface area contributed by atoms with E-state index >= 15 is 0 Å². The van der Waals surface area contributed by atoms with Gasteiger partial charge in [-0.25, -0.2) is 8.78 Å². The second-order valence-electron chi connectivity index (χ2n) is 9.18. The van der Waals surface area contributed by atoms with Gasteiger partial charge in [-0.2, -0.15) is 27.8 Å². The van der Waals surface area contributed by atoms with Crippen LogP contribution in [0.1, 0.15) is 27.8 Å². The number of phenolic OH excluding ortho intramolecular Hbond substituents is 2. The van der Waals surface area contributed by atoms with Crippen LogP contribution in [0.5, 0.6) is 11.5 Å². The molecule has 0 saturated heterocycles. The van der Waals surface area contributed by atoms with Crippen molar-refractivity contribution >= 4 is 9.30 Å². The molecule has 5 rings (SSSR count). The Balaban J connectivity index is 0.000000207. The molecule has 6 heteroatoms. The predicted octanol–water partition coefficient (Wildman–Crippen LogP) is 10.0. The quantitative estimate of drug-likeness (QED) is 0.158. The molecule has 2 N–H and O–H groups in total. The third kappa shape index (κ3) is 8.86. The zero-order valence-corrected chi connectivity index (χ0v) is 25.6. The molecule has 0 amide bonds. The van der Waals surface area contributed by atoms with Crippen LogP contribution in [0, 0.1) is 46.3 Å². The summed E-state index contributed by atoms with van der Waals surface area (Å²) in [6.07, 6.45) is 0. The van der Waals surface area contributed by atoms with E-state index in [1.807, 2.05) is 60.7 Å². The van der Waals surface area contributed by atoms with E-state index in [1.165, 1.54) is 83.6 Å². The average Bonchev–Trinajstić information content (AvgIpc) is 3.15. The van der Waals surface area contributed by atoms with Crippen molar-refractivity contribution in [3.05, 3.63) is 137 Å². The number of hydrogen-bond donors (Lipinski definition) is 2. The summed E-state index contributed by atoms with van der Waals surface area (Å²) in [5.74, 6) is -0.501. The molecule has 0 bridgehead atoms. The van der Waals surface area contributed by atoms with Crippen LogP contribution in [-0.4, -0.2) is 10.2 Å². The first-order valence-corrected chi connectivity index (χ1v) is 14.7. The fraction of sp³-hybridized carbons (Fsp3) is 0.147. The van der Waals surface area contributed by atoms with Crippen LogP contribution in [0.25, 0.3) is 22.3 Å². The maximum absolute atomic E-state index is 12.9. The van der Waals surface area contributed by atoms with Gasteiger partial charge in [-0.3, -0.25) is 0 Å². The average molecular weight is 595 g/mol. The van der Waals surface area contributed by atoms with Crippen molar-refractivity contribution in [2.24, 2.45) is 0 Å². The number of rotatable bonds is 2. The van der Waals surface area contributed by atoms with E-state index in [-0.39, 0.29) is 23.1 Å². The van der Waals surface area contributed by atoms with E-state index in [2.05, 4.69) is 43.9 Å². The number of benzene rings is 4. The molecule has 0 aromatic heterocycles.